The minimum Gasteiger partial charge on any atom is -0.298 e. The second-order valence-corrected chi connectivity index (χ2v) is 3.45. The van der Waals surface area contributed by atoms with Gasteiger partial charge in [0.05, 0.1) is 15.7 Å². The van der Waals surface area contributed by atoms with Crippen molar-refractivity contribution in [2.45, 2.75) is 6.92 Å². The van der Waals surface area contributed by atoms with Crippen molar-refractivity contribution in [3.63, 3.8) is 0 Å². The SMILES string of the molecule is Cc1c(C=O)ccc2ncsc12. The van der Waals surface area contributed by atoms with E-state index in [2.05, 4.69) is 4.98 Å². The molecular formula is C9H7NOS. The van der Waals surface area contributed by atoms with Gasteiger partial charge in [0.1, 0.15) is 6.29 Å². The Bertz CT molecular complexity index is 433. The van der Waals surface area contributed by atoms with Crippen molar-refractivity contribution in [3.8, 4) is 0 Å². The second-order valence-electron chi connectivity index (χ2n) is 2.60. The lowest BCUT2D eigenvalue weighted by Gasteiger charge is -1.97. The summed E-state index contributed by atoms with van der Waals surface area (Å²) >= 11 is 1.57. The average Bonchev–Trinajstić information content (AvgIpc) is 2.53. The summed E-state index contributed by atoms with van der Waals surface area (Å²) in [4.78, 5) is 14.7. The van der Waals surface area contributed by atoms with Crippen LogP contribution in [0.25, 0.3) is 10.2 Å². The van der Waals surface area contributed by atoms with Gasteiger partial charge in [-0.2, -0.15) is 0 Å². The molecule has 0 aliphatic rings. The molecule has 0 amide bonds. The van der Waals surface area contributed by atoms with E-state index in [-0.39, 0.29) is 0 Å². The van der Waals surface area contributed by atoms with Crippen LogP contribution >= 0.6 is 11.3 Å². The molecule has 2 aromatic rings. The second kappa shape index (κ2) is 2.68. The van der Waals surface area contributed by atoms with Gasteiger partial charge in [-0.05, 0) is 24.6 Å². The maximum absolute atomic E-state index is 10.6. The number of aldehydes is 1. The van der Waals surface area contributed by atoms with Gasteiger partial charge in [-0.3, -0.25) is 4.79 Å². The summed E-state index contributed by atoms with van der Waals surface area (Å²) in [5.41, 5.74) is 4.56. The topological polar surface area (TPSA) is 30.0 Å². The predicted octanol–water partition coefficient (Wildman–Crippen LogP) is 2.42. The monoisotopic (exact) mass is 177 g/mol. The third kappa shape index (κ3) is 0.940. The number of nitrogens with zero attached hydrogens (tertiary/aromatic N) is 1. The molecule has 60 valence electrons. The van der Waals surface area contributed by atoms with Crippen molar-refractivity contribution in [2.24, 2.45) is 0 Å². The number of rotatable bonds is 1. The summed E-state index contributed by atoms with van der Waals surface area (Å²) in [6, 6.07) is 3.69. The molecule has 0 saturated heterocycles. The van der Waals surface area contributed by atoms with E-state index in [0.717, 1.165) is 27.6 Å². The van der Waals surface area contributed by atoms with Gasteiger partial charge in [-0.1, -0.05) is 0 Å². The van der Waals surface area contributed by atoms with Crippen molar-refractivity contribution in [1.29, 1.82) is 0 Å². The van der Waals surface area contributed by atoms with Crippen LogP contribution in [0, 0.1) is 6.92 Å². The van der Waals surface area contributed by atoms with Crippen LogP contribution in [0.1, 0.15) is 15.9 Å². The zero-order valence-corrected chi connectivity index (χ0v) is 7.39. The molecule has 2 rings (SSSR count). The molecule has 1 heterocycles. The summed E-state index contributed by atoms with van der Waals surface area (Å²) in [6.07, 6.45) is 0.883. The van der Waals surface area contributed by atoms with Crippen molar-refractivity contribution >= 4 is 27.8 Å². The summed E-state index contributed by atoms with van der Waals surface area (Å²) in [7, 11) is 0. The highest BCUT2D eigenvalue weighted by molar-refractivity contribution is 7.17. The van der Waals surface area contributed by atoms with E-state index in [9.17, 15) is 4.79 Å². The molecule has 0 aliphatic carbocycles. The first-order valence-electron chi connectivity index (χ1n) is 3.61. The van der Waals surface area contributed by atoms with Crippen LogP contribution in [0.5, 0.6) is 0 Å². The predicted molar refractivity (Wildman–Crippen MR) is 49.7 cm³/mol. The molecule has 0 bridgehead atoms. The summed E-state index contributed by atoms with van der Waals surface area (Å²) in [5, 5.41) is 0. The quantitative estimate of drug-likeness (QED) is 0.626. The molecule has 1 aromatic heterocycles. The number of aryl methyl sites for hydroxylation is 1. The van der Waals surface area contributed by atoms with Crippen LogP contribution in [0.2, 0.25) is 0 Å². The van der Waals surface area contributed by atoms with Gasteiger partial charge < -0.3 is 0 Å². The molecule has 0 fully saturated rings. The van der Waals surface area contributed by atoms with Crippen LogP contribution in [0.3, 0.4) is 0 Å². The largest absolute Gasteiger partial charge is 0.298 e. The van der Waals surface area contributed by atoms with Crippen molar-refractivity contribution in [1.82, 2.24) is 4.98 Å². The Morgan fingerprint density at radius 3 is 3.08 bits per heavy atom. The number of aromatic nitrogens is 1. The Kier molecular flexibility index (Phi) is 1.66. The highest BCUT2D eigenvalue weighted by Crippen LogP contribution is 2.23. The average molecular weight is 177 g/mol. The van der Waals surface area contributed by atoms with Crippen LogP contribution in [0.15, 0.2) is 17.6 Å². The lowest BCUT2D eigenvalue weighted by molar-refractivity contribution is 0.112. The highest BCUT2D eigenvalue weighted by atomic mass is 32.1. The molecule has 3 heteroatoms. The first-order valence-corrected chi connectivity index (χ1v) is 4.49. The summed E-state index contributed by atoms with van der Waals surface area (Å²) in [5.74, 6) is 0. The van der Waals surface area contributed by atoms with E-state index in [1.807, 2.05) is 19.1 Å². The van der Waals surface area contributed by atoms with Gasteiger partial charge in [-0.15, -0.1) is 11.3 Å². The van der Waals surface area contributed by atoms with Gasteiger partial charge in [0.25, 0.3) is 0 Å². The van der Waals surface area contributed by atoms with Crippen LogP contribution < -0.4 is 0 Å². The third-order valence-corrected chi connectivity index (χ3v) is 2.88. The molecule has 0 radical (unpaired) electrons. The Morgan fingerprint density at radius 2 is 2.33 bits per heavy atom. The number of hydrogen-bond acceptors (Lipinski definition) is 3. The molecular weight excluding hydrogens is 170 g/mol. The normalized spacial score (nSPS) is 10.4. The fourth-order valence-electron chi connectivity index (χ4n) is 1.21. The van der Waals surface area contributed by atoms with Crippen molar-refractivity contribution in [2.75, 3.05) is 0 Å². The molecule has 1 aromatic carbocycles. The van der Waals surface area contributed by atoms with Gasteiger partial charge in [-0.25, -0.2) is 4.98 Å². The number of carbonyl (C=O) groups excluding carboxylic acids is 1. The number of benzene rings is 1. The molecule has 0 saturated carbocycles. The lowest BCUT2D eigenvalue weighted by Crippen LogP contribution is -1.84. The molecule has 0 spiro atoms. The zero-order valence-electron chi connectivity index (χ0n) is 6.57. The van der Waals surface area contributed by atoms with Gasteiger partial charge in [0.2, 0.25) is 0 Å². The third-order valence-electron chi connectivity index (χ3n) is 1.92. The molecule has 0 N–H and O–H groups in total. The summed E-state index contributed by atoms with van der Waals surface area (Å²) in [6.45, 7) is 1.95. The zero-order chi connectivity index (χ0) is 8.55. The number of fused-ring (bicyclic) bond motifs is 1. The minimum atomic E-state index is 0.756. The van der Waals surface area contributed by atoms with Gasteiger partial charge in [0, 0.05) is 5.56 Å². The van der Waals surface area contributed by atoms with E-state index in [4.69, 9.17) is 0 Å². The van der Waals surface area contributed by atoms with E-state index >= 15 is 0 Å². The molecule has 0 aliphatic heterocycles. The molecule has 0 atom stereocenters. The highest BCUT2D eigenvalue weighted by Gasteiger charge is 2.03. The first kappa shape index (κ1) is 7.43. The Morgan fingerprint density at radius 1 is 1.50 bits per heavy atom. The van der Waals surface area contributed by atoms with E-state index in [0.29, 0.717) is 0 Å². The smallest absolute Gasteiger partial charge is 0.150 e. The van der Waals surface area contributed by atoms with Crippen LogP contribution in [-0.2, 0) is 0 Å². The summed E-state index contributed by atoms with van der Waals surface area (Å²) < 4.78 is 1.11. The number of thiazole rings is 1. The van der Waals surface area contributed by atoms with E-state index in [1.165, 1.54) is 0 Å². The molecule has 2 nitrogen and oxygen atoms in total. The fourth-order valence-corrected chi connectivity index (χ4v) is 2.01. The molecule has 12 heavy (non-hydrogen) atoms. The van der Waals surface area contributed by atoms with E-state index < -0.39 is 0 Å². The number of hydrogen-bond donors (Lipinski definition) is 0. The van der Waals surface area contributed by atoms with Gasteiger partial charge >= 0.3 is 0 Å². The van der Waals surface area contributed by atoms with Crippen molar-refractivity contribution < 1.29 is 4.79 Å². The standard InChI is InChI=1S/C9H7NOS/c1-6-7(4-11)2-3-8-9(6)12-5-10-8/h2-5H,1H3. The van der Waals surface area contributed by atoms with Crippen LogP contribution in [0.4, 0.5) is 0 Å². The van der Waals surface area contributed by atoms with Gasteiger partial charge in [0.15, 0.2) is 0 Å². The number of carbonyl (C=O) groups is 1. The maximum Gasteiger partial charge on any atom is 0.150 e. The van der Waals surface area contributed by atoms with E-state index in [1.54, 1.807) is 16.8 Å². The lowest BCUT2D eigenvalue weighted by atomic mass is 10.1. The Balaban J connectivity index is 2.86. The minimum absolute atomic E-state index is 0.756. The maximum atomic E-state index is 10.6. The molecule has 0 unspecified atom stereocenters. The van der Waals surface area contributed by atoms with Crippen molar-refractivity contribution in [3.05, 3.63) is 28.8 Å². The Labute approximate surface area is 73.9 Å². The Hall–Kier alpha value is -1.22. The first-order chi connectivity index (χ1) is 5.83. The van der Waals surface area contributed by atoms with Crippen LogP contribution in [-0.4, -0.2) is 11.3 Å². The fraction of sp³-hybridized carbons (Fsp3) is 0.111.